The molecule has 0 unspecified atom stereocenters. The van der Waals surface area contributed by atoms with Gasteiger partial charge in [-0.05, 0) is 96.0 Å². The molecule has 0 saturated carbocycles. The van der Waals surface area contributed by atoms with Gasteiger partial charge in [-0.25, -0.2) is 0 Å². The third kappa shape index (κ3) is 4.00. The SMILES string of the molecule is c1ccc(-c2c3ccccc3c(-c3ccc(-c4ccc5oc6ccc7c(sc8ccc9ccccc9c87)c6c5c4)cc3)c3ccccc23)cc1. The normalized spacial score (nSPS) is 12.0. The summed E-state index contributed by atoms with van der Waals surface area (Å²) in [7, 11) is 0. The summed E-state index contributed by atoms with van der Waals surface area (Å²) in [5.41, 5.74) is 9.26. The van der Waals surface area contributed by atoms with Gasteiger partial charge in [0.05, 0.1) is 0 Å². The van der Waals surface area contributed by atoms with Gasteiger partial charge in [0.2, 0.25) is 0 Å². The lowest BCUT2D eigenvalue weighted by Gasteiger charge is -2.18. The van der Waals surface area contributed by atoms with Crippen molar-refractivity contribution < 1.29 is 4.42 Å². The summed E-state index contributed by atoms with van der Waals surface area (Å²) < 4.78 is 9.04. The van der Waals surface area contributed by atoms with Crippen LogP contribution in [0.15, 0.2) is 174 Å². The Bertz CT molecular complexity index is 3070. The Balaban J connectivity index is 1.08. The molecule has 0 fully saturated rings. The topological polar surface area (TPSA) is 13.1 Å². The molecule has 0 aliphatic heterocycles. The Morgan fingerprint density at radius 2 is 0.900 bits per heavy atom. The van der Waals surface area contributed by atoms with Gasteiger partial charge in [0.1, 0.15) is 11.2 Å². The van der Waals surface area contributed by atoms with Crippen molar-refractivity contribution in [1.29, 1.82) is 0 Å². The Morgan fingerprint density at radius 1 is 0.340 bits per heavy atom. The lowest BCUT2D eigenvalue weighted by atomic mass is 9.86. The number of thiophene rings is 1. The molecule has 232 valence electrons. The summed E-state index contributed by atoms with van der Waals surface area (Å²) >= 11 is 1.87. The van der Waals surface area contributed by atoms with Crippen LogP contribution >= 0.6 is 11.3 Å². The molecule has 9 aromatic carbocycles. The molecule has 0 radical (unpaired) electrons. The van der Waals surface area contributed by atoms with Crippen molar-refractivity contribution in [3.05, 3.63) is 170 Å². The molecule has 0 aliphatic rings. The van der Waals surface area contributed by atoms with Crippen LogP contribution in [0, 0.1) is 0 Å². The molecule has 1 nitrogen and oxygen atoms in total. The molecule has 11 aromatic rings. The smallest absolute Gasteiger partial charge is 0.136 e. The molecule has 2 heterocycles. The molecule has 0 amide bonds. The maximum atomic E-state index is 6.44. The number of hydrogen-bond donors (Lipinski definition) is 0. The zero-order valence-electron chi connectivity index (χ0n) is 27.0. The van der Waals surface area contributed by atoms with Gasteiger partial charge in [-0.15, -0.1) is 11.3 Å². The molecule has 0 aliphatic carbocycles. The minimum atomic E-state index is 0.923. The lowest BCUT2D eigenvalue weighted by molar-refractivity contribution is 0.669. The average Bonchev–Trinajstić information content (AvgIpc) is 3.75. The molecule has 50 heavy (non-hydrogen) atoms. The van der Waals surface area contributed by atoms with Crippen molar-refractivity contribution in [2.45, 2.75) is 0 Å². The summed E-state index contributed by atoms with van der Waals surface area (Å²) in [4.78, 5) is 0. The van der Waals surface area contributed by atoms with Crippen LogP contribution < -0.4 is 0 Å². The van der Waals surface area contributed by atoms with Gasteiger partial charge in [-0.2, -0.15) is 0 Å². The van der Waals surface area contributed by atoms with Crippen molar-refractivity contribution in [3.63, 3.8) is 0 Å². The Kier molecular flexibility index (Phi) is 5.89. The van der Waals surface area contributed by atoms with E-state index < -0.39 is 0 Å². The Morgan fingerprint density at radius 3 is 1.60 bits per heavy atom. The first-order chi connectivity index (χ1) is 24.8. The van der Waals surface area contributed by atoms with E-state index in [4.69, 9.17) is 4.42 Å². The summed E-state index contributed by atoms with van der Waals surface area (Å²) in [5.74, 6) is 0. The highest BCUT2D eigenvalue weighted by Gasteiger charge is 2.18. The molecule has 0 atom stereocenters. The van der Waals surface area contributed by atoms with E-state index in [9.17, 15) is 0 Å². The first kappa shape index (κ1) is 27.7. The second-order valence-electron chi connectivity index (χ2n) is 13.2. The largest absolute Gasteiger partial charge is 0.456 e. The van der Waals surface area contributed by atoms with Gasteiger partial charge in [-0.3, -0.25) is 0 Å². The summed E-state index contributed by atoms with van der Waals surface area (Å²) in [6.45, 7) is 0. The van der Waals surface area contributed by atoms with Crippen molar-refractivity contribution >= 4 is 85.8 Å². The van der Waals surface area contributed by atoms with E-state index >= 15 is 0 Å². The van der Waals surface area contributed by atoms with E-state index in [1.807, 2.05) is 11.3 Å². The highest BCUT2D eigenvalue weighted by molar-refractivity contribution is 7.27. The second-order valence-corrected chi connectivity index (χ2v) is 14.2. The lowest BCUT2D eigenvalue weighted by Crippen LogP contribution is -1.90. The van der Waals surface area contributed by atoms with E-state index in [0.717, 1.165) is 16.6 Å². The molecular weight excluding hydrogens is 625 g/mol. The maximum Gasteiger partial charge on any atom is 0.136 e. The Labute approximate surface area is 292 Å². The van der Waals surface area contributed by atoms with Crippen molar-refractivity contribution in [1.82, 2.24) is 0 Å². The molecule has 0 bridgehead atoms. The van der Waals surface area contributed by atoms with Crippen LogP contribution in [-0.2, 0) is 0 Å². The first-order valence-electron chi connectivity index (χ1n) is 17.1. The quantitative estimate of drug-likeness (QED) is 0.173. The van der Waals surface area contributed by atoms with Crippen molar-refractivity contribution in [2.75, 3.05) is 0 Å². The van der Waals surface area contributed by atoms with Crippen LogP contribution in [0.2, 0.25) is 0 Å². The van der Waals surface area contributed by atoms with Gasteiger partial charge in [-0.1, -0.05) is 140 Å². The minimum Gasteiger partial charge on any atom is -0.456 e. The second kappa shape index (κ2) is 10.6. The summed E-state index contributed by atoms with van der Waals surface area (Å²) in [6, 6.07) is 61.8. The third-order valence-corrected chi connectivity index (χ3v) is 11.6. The molecular formula is C48H28OS. The standard InChI is InChI=1S/C48H28OS/c1-2-11-31(12-3-1)44-35-14-6-8-16-37(35)45(38-17-9-7-15-36(38)44)32-20-18-29(19-21-32)33-22-25-41-40(28-33)47-42(49-41)26-24-39-46-34-13-5-4-10-30(34)23-27-43(46)50-48(39)47/h1-28H. The predicted molar refractivity (Wildman–Crippen MR) is 215 cm³/mol. The minimum absolute atomic E-state index is 0.923. The monoisotopic (exact) mass is 652 g/mol. The average molecular weight is 653 g/mol. The number of rotatable bonds is 3. The highest BCUT2D eigenvalue weighted by Crippen LogP contribution is 2.46. The van der Waals surface area contributed by atoms with Gasteiger partial charge in [0.15, 0.2) is 0 Å². The fourth-order valence-electron chi connectivity index (χ4n) is 8.23. The predicted octanol–water partition coefficient (Wildman–Crippen LogP) is 14.4. The molecule has 11 rings (SSSR count). The Hall–Kier alpha value is -6.22. The van der Waals surface area contributed by atoms with Gasteiger partial charge in [0, 0.05) is 30.9 Å². The fraction of sp³-hybridized carbons (Fsp3) is 0. The van der Waals surface area contributed by atoms with Gasteiger partial charge >= 0.3 is 0 Å². The van der Waals surface area contributed by atoms with Crippen LogP contribution in [0.1, 0.15) is 0 Å². The number of benzene rings is 9. The number of fused-ring (bicyclic) bond motifs is 11. The molecule has 0 spiro atoms. The fourth-order valence-corrected chi connectivity index (χ4v) is 9.50. The first-order valence-corrected chi connectivity index (χ1v) is 17.9. The van der Waals surface area contributed by atoms with E-state index in [1.54, 1.807) is 0 Å². The van der Waals surface area contributed by atoms with Gasteiger partial charge < -0.3 is 4.42 Å². The third-order valence-electron chi connectivity index (χ3n) is 10.5. The van der Waals surface area contributed by atoms with Crippen molar-refractivity contribution in [3.8, 4) is 33.4 Å². The van der Waals surface area contributed by atoms with Crippen LogP contribution in [0.4, 0.5) is 0 Å². The van der Waals surface area contributed by atoms with E-state index in [-0.39, 0.29) is 0 Å². The number of hydrogen-bond acceptors (Lipinski definition) is 2. The molecule has 0 N–H and O–H groups in total. The number of furan rings is 1. The van der Waals surface area contributed by atoms with Crippen LogP contribution in [0.5, 0.6) is 0 Å². The highest BCUT2D eigenvalue weighted by atomic mass is 32.1. The van der Waals surface area contributed by atoms with Crippen LogP contribution in [0.25, 0.3) is 108 Å². The van der Waals surface area contributed by atoms with Crippen LogP contribution in [-0.4, -0.2) is 0 Å². The molecule has 0 saturated heterocycles. The van der Waals surface area contributed by atoms with E-state index in [1.165, 1.54) is 91.3 Å². The van der Waals surface area contributed by atoms with Crippen LogP contribution in [0.3, 0.4) is 0 Å². The maximum absolute atomic E-state index is 6.44. The van der Waals surface area contributed by atoms with E-state index in [0.29, 0.717) is 0 Å². The van der Waals surface area contributed by atoms with Crippen molar-refractivity contribution in [2.24, 2.45) is 0 Å². The zero-order chi connectivity index (χ0) is 32.8. The van der Waals surface area contributed by atoms with Gasteiger partial charge in [0.25, 0.3) is 0 Å². The molecule has 2 heteroatoms. The summed E-state index contributed by atoms with van der Waals surface area (Å²) in [6.07, 6.45) is 0. The zero-order valence-corrected chi connectivity index (χ0v) is 27.8. The summed E-state index contributed by atoms with van der Waals surface area (Å²) in [5, 5.41) is 12.7. The van der Waals surface area contributed by atoms with E-state index in [2.05, 4.69) is 170 Å². The molecule has 2 aromatic heterocycles.